The van der Waals surface area contributed by atoms with Crippen molar-refractivity contribution in [1.29, 1.82) is 0 Å². The molecule has 0 aromatic carbocycles. The zero-order chi connectivity index (χ0) is 4.86. The Hall–Kier alpha value is 1.31. The van der Waals surface area contributed by atoms with Crippen LogP contribution >= 0.6 is 18.4 Å². The van der Waals surface area contributed by atoms with Crippen molar-refractivity contribution in [3.8, 4) is 0 Å². The van der Waals surface area contributed by atoms with Crippen molar-refractivity contribution in [3.63, 3.8) is 0 Å². The van der Waals surface area contributed by atoms with Crippen LogP contribution in [0.4, 0.5) is 0 Å². The third kappa shape index (κ3) is 2.98. The van der Waals surface area contributed by atoms with E-state index in [1.54, 1.807) is 0 Å². The molecule has 1 aliphatic heterocycles. The topological polar surface area (TPSA) is 73.2 Å². The summed E-state index contributed by atoms with van der Waals surface area (Å²) < 4.78 is 3.80. The zero-order valence-electron chi connectivity index (χ0n) is 3.01. The van der Waals surface area contributed by atoms with Gasteiger partial charge in [-0.05, 0) is 0 Å². The summed E-state index contributed by atoms with van der Waals surface area (Å²) in [6.45, 7) is -4.38. The standard InChI is InChI=1S/Mo.H3O4PS/c;1-5(2,3)4-6-5/h;1-3H. The van der Waals surface area contributed by atoms with Gasteiger partial charge < -0.3 is 0 Å². The number of hydrogen-bond donors (Lipinski definition) is 3. The molecule has 1 aliphatic rings. The van der Waals surface area contributed by atoms with Crippen molar-refractivity contribution in [1.82, 2.24) is 0 Å². The summed E-state index contributed by atoms with van der Waals surface area (Å²) in [5.74, 6) is 0. The molecular weight excluding hydrogens is 223 g/mol. The molecule has 0 aromatic heterocycles. The molecule has 0 aromatic rings. The minimum atomic E-state index is -4.38. The first-order chi connectivity index (χ1) is 2.47. The molecule has 0 atom stereocenters. The molecule has 1 fully saturated rings. The van der Waals surface area contributed by atoms with Gasteiger partial charge in [-0.3, -0.25) is 0 Å². The Bertz CT molecular complexity index is 75.4. The molecule has 0 saturated carbocycles. The summed E-state index contributed by atoms with van der Waals surface area (Å²) in [5.41, 5.74) is 0. The molecule has 0 amide bonds. The van der Waals surface area contributed by atoms with Crippen molar-refractivity contribution in [3.05, 3.63) is 0 Å². The maximum atomic E-state index is 8.08. The summed E-state index contributed by atoms with van der Waals surface area (Å²) in [6.07, 6.45) is 0. The Labute approximate surface area is 58.3 Å². The first-order valence-corrected chi connectivity index (χ1v) is 4.49. The van der Waals surface area contributed by atoms with Gasteiger partial charge in [-0.25, -0.2) is 0 Å². The SMILES string of the molecule is OP1(O)(O)OS1.[Mo]. The van der Waals surface area contributed by atoms with Crippen LogP contribution in [0.2, 0.25) is 0 Å². The average Bonchev–Trinajstić information content (AvgIpc) is 1.73. The van der Waals surface area contributed by atoms with Gasteiger partial charge in [0.15, 0.2) is 0 Å². The molecule has 0 unspecified atom stereocenters. The van der Waals surface area contributed by atoms with Crippen LogP contribution in [-0.4, -0.2) is 14.7 Å². The number of rotatable bonds is 0. The molecule has 0 aliphatic carbocycles. The van der Waals surface area contributed by atoms with Crippen molar-refractivity contribution in [2.75, 3.05) is 0 Å². The van der Waals surface area contributed by atoms with Crippen LogP contribution < -0.4 is 0 Å². The predicted octanol–water partition coefficient (Wildman–Crippen LogP) is -0.232. The van der Waals surface area contributed by atoms with Gasteiger partial charge in [-0.1, -0.05) is 0 Å². The second-order valence-electron chi connectivity index (χ2n) is 0.982. The smallest absolute Gasteiger partial charge is 0 e. The molecule has 1 saturated heterocycles. The fourth-order valence-electron chi connectivity index (χ4n) is 0.0447. The Morgan fingerprint density at radius 1 is 1.29 bits per heavy atom. The Balaban J connectivity index is 0.000000360. The summed E-state index contributed by atoms with van der Waals surface area (Å²) in [6, 6.07) is 0. The van der Waals surface area contributed by atoms with E-state index in [-0.39, 0.29) is 21.1 Å². The van der Waals surface area contributed by atoms with Crippen molar-refractivity contribution >= 4 is 18.4 Å². The van der Waals surface area contributed by atoms with E-state index >= 15 is 0 Å². The second kappa shape index (κ2) is 1.64. The molecular formula is H3MoO4PS. The van der Waals surface area contributed by atoms with Crippen LogP contribution in [0.25, 0.3) is 0 Å². The average molecular weight is 226 g/mol. The minimum Gasteiger partial charge on any atom is 0 e. The van der Waals surface area contributed by atoms with Crippen LogP contribution in [0.5, 0.6) is 0 Å². The second-order valence-corrected chi connectivity index (χ2v) is 5.76. The first kappa shape index (κ1) is 8.31. The largest absolute Gasteiger partial charge is 0 e. The molecule has 1 heterocycles. The predicted molar refractivity (Wildman–Crippen MR) is 22.3 cm³/mol. The fraction of sp³-hybridized carbons (Fsp3) is 0. The van der Waals surface area contributed by atoms with E-state index in [1.165, 1.54) is 0 Å². The molecule has 1 rings (SSSR count). The Morgan fingerprint density at radius 2 is 1.43 bits per heavy atom. The van der Waals surface area contributed by atoms with Gasteiger partial charge in [0.1, 0.15) is 0 Å². The van der Waals surface area contributed by atoms with Crippen molar-refractivity contribution < 1.29 is 39.7 Å². The maximum Gasteiger partial charge on any atom is 0 e. The number of hydrogen-bond acceptors (Lipinski definition) is 5. The van der Waals surface area contributed by atoms with E-state index in [1.807, 2.05) is 0 Å². The quantitative estimate of drug-likeness (QED) is 0.230. The summed E-state index contributed by atoms with van der Waals surface area (Å²) in [4.78, 5) is 24.2. The van der Waals surface area contributed by atoms with E-state index in [2.05, 4.69) is 3.97 Å². The zero-order valence-corrected chi connectivity index (χ0v) is 6.73. The van der Waals surface area contributed by atoms with Crippen LogP contribution in [0.15, 0.2) is 0 Å². The van der Waals surface area contributed by atoms with Gasteiger partial charge in [-0.2, -0.15) is 0 Å². The molecule has 7 heavy (non-hydrogen) atoms. The van der Waals surface area contributed by atoms with Gasteiger partial charge in [0.05, 0.1) is 0 Å². The van der Waals surface area contributed by atoms with E-state index in [4.69, 9.17) is 14.7 Å². The molecule has 0 bridgehead atoms. The molecule has 7 heteroatoms. The molecule has 44 valence electrons. The fourth-order valence-corrected chi connectivity index (χ4v) is 1.21. The van der Waals surface area contributed by atoms with Crippen molar-refractivity contribution in [2.24, 2.45) is 0 Å². The summed E-state index contributed by atoms with van der Waals surface area (Å²) >= 11 is 0.325. The minimum absolute atomic E-state index is 0. The van der Waals surface area contributed by atoms with E-state index in [0.29, 0.717) is 11.7 Å². The van der Waals surface area contributed by atoms with Crippen molar-refractivity contribution in [2.45, 2.75) is 0 Å². The third-order valence-corrected chi connectivity index (χ3v) is 2.47. The summed E-state index contributed by atoms with van der Waals surface area (Å²) in [5, 5.41) is 0. The van der Waals surface area contributed by atoms with Gasteiger partial charge in [0.2, 0.25) is 0 Å². The van der Waals surface area contributed by atoms with Gasteiger partial charge in [0.25, 0.3) is 0 Å². The van der Waals surface area contributed by atoms with Gasteiger partial charge >= 0.3 is 37.0 Å². The van der Waals surface area contributed by atoms with Gasteiger partial charge in [0, 0.05) is 21.1 Å². The Morgan fingerprint density at radius 3 is 1.43 bits per heavy atom. The molecule has 0 spiro atoms. The maximum absolute atomic E-state index is 8.08. The van der Waals surface area contributed by atoms with E-state index in [9.17, 15) is 0 Å². The molecule has 3 N–H and O–H groups in total. The third-order valence-electron chi connectivity index (χ3n) is 0.275. The van der Waals surface area contributed by atoms with Gasteiger partial charge in [-0.15, -0.1) is 0 Å². The van der Waals surface area contributed by atoms with E-state index in [0.717, 1.165) is 0 Å². The van der Waals surface area contributed by atoms with E-state index < -0.39 is 6.71 Å². The van der Waals surface area contributed by atoms with Crippen LogP contribution in [0, 0.1) is 0 Å². The van der Waals surface area contributed by atoms with Crippen LogP contribution in [-0.2, 0) is 25.0 Å². The molecule has 0 radical (unpaired) electrons. The summed E-state index contributed by atoms with van der Waals surface area (Å²) in [7, 11) is 0. The van der Waals surface area contributed by atoms with Crippen LogP contribution in [0.1, 0.15) is 0 Å². The monoisotopic (exact) mass is 228 g/mol. The normalized spacial score (nSPS) is 36.7. The van der Waals surface area contributed by atoms with Crippen LogP contribution in [0.3, 0.4) is 0 Å². The Kier molecular flexibility index (Phi) is 1.95. The molecule has 4 nitrogen and oxygen atoms in total. The first-order valence-electron chi connectivity index (χ1n) is 1.13.